The molecule has 0 unspecified atom stereocenters. The summed E-state index contributed by atoms with van der Waals surface area (Å²) < 4.78 is 5.84. The van der Waals surface area contributed by atoms with Gasteiger partial charge in [-0.3, -0.25) is 15.0 Å². The predicted molar refractivity (Wildman–Crippen MR) is 145 cm³/mol. The lowest BCUT2D eigenvalue weighted by Crippen LogP contribution is -2.37. The predicted octanol–water partition coefficient (Wildman–Crippen LogP) is 4.65. The number of hydrogen-bond donors (Lipinski definition) is 3. The van der Waals surface area contributed by atoms with Gasteiger partial charge in [-0.05, 0) is 36.4 Å². The van der Waals surface area contributed by atoms with Crippen LogP contribution >= 0.6 is 0 Å². The summed E-state index contributed by atoms with van der Waals surface area (Å²) in [4.78, 5) is 13.8. The zero-order valence-corrected chi connectivity index (χ0v) is 20.1. The lowest BCUT2D eigenvalue weighted by Gasteiger charge is -2.28. The highest BCUT2D eigenvalue weighted by Gasteiger charge is 2.30. The first-order valence-corrected chi connectivity index (χ1v) is 11.6. The molecule has 186 valence electrons. The first kappa shape index (κ1) is 26.4. The third kappa shape index (κ3) is 7.92. The summed E-state index contributed by atoms with van der Waals surface area (Å²) in [5, 5.41) is 30.2. The maximum absolute atomic E-state index is 10.1. The summed E-state index contributed by atoms with van der Waals surface area (Å²) in [6.07, 6.45) is 6.54. The first-order valence-electron chi connectivity index (χ1n) is 11.6. The van der Waals surface area contributed by atoms with Crippen LogP contribution in [0, 0.1) is 5.41 Å². The van der Waals surface area contributed by atoms with E-state index in [4.69, 9.17) is 4.74 Å². The molecule has 0 bridgehead atoms. The Kier molecular flexibility index (Phi) is 9.97. The molecule has 0 amide bonds. The van der Waals surface area contributed by atoms with Crippen molar-refractivity contribution in [3.63, 3.8) is 0 Å². The Labute approximate surface area is 211 Å². The van der Waals surface area contributed by atoms with Gasteiger partial charge in [-0.25, -0.2) is 0 Å². The molecule has 0 heterocycles. The van der Waals surface area contributed by atoms with Crippen molar-refractivity contribution in [2.75, 3.05) is 32.8 Å². The smallest absolute Gasteiger partial charge is 0.124 e. The highest BCUT2D eigenvalue weighted by molar-refractivity contribution is 5.84. The summed E-state index contributed by atoms with van der Waals surface area (Å²) in [7, 11) is 0. The second kappa shape index (κ2) is 13.6. The van der Waals surface area contributed by atoms with Gasteiger partial charge < -0.3 is 20.1 Å². The van der Waals surface area contributed by atoms with Crippen LogP contribution in [-0.2, 0) is 4.74 Å². The van der Waals surface area contributed by atoms with Crippen LogP contribution in [0.5, 0.6) is 17.2 Å². The minimum atomic E-state index is -0.633. The van der Waals surface area contributed by atoms with Gasteiger partial charge in [0.15, 0.2) is 0 Å². The lowest BCUT2D eigenvalue weighted by atomic mass is 9.89. The molecule has 7 nitrogen and oxygen atoms in total. The van der Waals surface area contributed by atoms with E-state index in [9.17, 15) is 15.3 Å². The maximum Gasteiger partial charge on any atom is 0.124 e. The molecular weight excluding hydrogens is 454 g/mol. The van der Waals surface area contributed by atoms with Crippen molar-refractivity contribution in [3.05, 3.63) is 102 Å². The molecular formula is C29H31N3O4. The molecule has 0 aliphatic carbocycles. The van der Waals surface area contributed by atoms with E-state index in [2.05, 4.69) is 21.6 Å². The van der Waals surface area contributed by atoms with Gasteiger partial charge in [0, 0.05) is 35.3 Å². The Morgan fingerprint density at radius 1 is 0.639 bits per heavy atom. The monoisotopic (exact) mass is 485 g/mol. The van der Waals surface area contributed by atoms with Crippen LogP contribution in [-0.4, -0.2) is 66.8 Å². The molecule has 0 saturated carbocycles. The number of aromatic hydroxyl groups is 3. The van der Waals surface area contributed by atoms with Gasteiger partial charge in [0.2, 0.25) is 0 Å². The standard InChI is InChI=1S/C29H31N3O4/c1-2-15-36-22-29(19-30-16-23-9-3-6-12-26(23)33,20-31-17-24-10-4-7-13-27(24)34)21-32-18-25-11-5-8-14-28(25)35/h2-14,16-18,33-35H,1,15,19-22H2. The molecule has 0 aliphatic heterocycles. The van der Waals surface area contributed by atoms with E-state index in [0.717, 1.165) is 0 Å². The van der Waals surface area contributed by atoms with Gasteiger partial charge in [-0.15, -0.1) is 6.58 Å². The Morgan fingerprint density at radius 2 is 1.00 bits per heavy atom. The molecule has 0 fully saturated rings. The van der Waals surface area contributed by atoms with Crippen molar-refractivity contribution < 1.29 is 20.1 Å². The zero-order valence-electron chi connectivity index (χ0n) is 20.1. The van der Waals surface area contributed by atoms with Crippen molar-refractivity contribution >= 4 is 18.6 Å². The number of hydrogen-bond acceptors (Lipinski definition) is 7. The molecule has 0 spiro atoms. The fourth-order valence-corrected chi connectivity index (χ4v) is 3.45. The molecule has 0 aromatic heterocycles. The Hall–Kier alpha value is -4.23. The van der Waals surface area contributed by atoms with E-state index in [0.29, 0.717) is 49.5 Å². The van der Waals surface area contributed by atoms with Crippen LogP contribution < -0.4 is 0 Å². The molecule has 0 saturated heterocycles. The van der Waals surface area contributed by atoms with Gasteiger partial charge in [0.25, 0.3) is 0 Å². The second-order valence-electron chi connectivity index (χ2n) is 8.39. The molecule has 0 aliphatic rings. The first-order chi connectivity index (χ1) is 17.5. The molecule has 7 heteroatoms. The molecule has 36 heavy (non-hydrogen) atoms. The average Bonchev–Trinajstić information content (AvgIpc) is 2.88. The normalized spacial score (nSPS) is 13.4. The molecule has 0 atom stereocenters. The van der Waals surface area contributed by atoms with Crippen LogP contribution in [0.15, 0.2) is 100 Å². The number of nitrogens with zero attached hydrogens (tertiary/aromatic N) is 3. The zero-order chi connectivity index (χ0) is 25.6. The number of benzene rings is 3. The minimum absolute atomic E-state index is 0.143. The van der Waals surface area contributed by atoms with Crippen molar-refractivity contribution in [2.45, 2.75) is 0 Å². The highest BCUT2D eigenvalue weighted by atomic mass is 16.5. The number of ether oxygens (including phenoxy) is 1. The lowest BCUT2D eigenvalue weighted by molar-refractivity contribution is 0.0748. The van der Waals surface area contributed by atoms with Crippen LogP contribution in [0.1, 0.15) is 16.7 Å². The van der Waals surface area contributed by atoms with Crippen molar-refractivity contribution in [2.24, 2.45) is 20.4 Å². The number of phenols is 3. The number of aliphatic imine (C=N–C) groups is 3. The SMILES string of the molecule is C=CCOCC(CN=Cc1ccccc1O)(CN=Cc1ccccc1O)CN=Cc1ccccc1O. The second-order valence-corrected chi connectivity index (χ2v) is 8.39. The van der Waals surface area contributed by atoms with E-state index in [1.807, 2.05) is 18.2 Å². The van der Waals surface area contributed by atoms with Crippen molar-refractivity contribution in [3.8, 4) is 17.2 Å². The average molecular weight is 486 g/mol. The summed E-state index contributed by atoms with van der Waals surface area (Å²) in [5.41, 5.74) is 1.18. The van der Waals surface area contributed by atoms with Gasteiger partial charge in [-0.2, -0.15) is 0 Å². The van der Waals surface area contributed by atoms with Crippen LogP contribution in [0.4, 0.5) is 0 Å². The van der Waals surface area contributed by atoms with Gasteiger partial charge in [0.1, 0.15) is 17.2 Å². The summed E-state index contributed by atoms with van der Waals surface area (Å²) in [5.74, 6) is 0.430. The third-order valence-corrected chi connectivity index (χ3v) is 5.43. The fraction of sp³-hybridized carbons (Fsp3) is 0.207. The van der Waals surface area contributed by atoms with E-state index < -0.39 is 5.41 Å². The molecule has 3 N–H and O–H groups in total. The maximum atomic E-state index is 10.1. The highest BCUT2D eigenvalue weighted by Crippen LogP contribution is 2.23. The Balaban J connectivity index is 1.88. The van der Waals surface area contributed by atoms with Gasteiger partial charge in [-0.1, -0.05) is 42.5 Å². The topological polar surface area (TPSA) is 107 Å². The summed E-state index contributed by atoms with van der Waals surface area (Å²) in [6, 6.07) is 20.9. The Bertz CT molecular complexity index is 1080. The van der Waals surface area contributed by atoms with Gasteiger partial charge in [0.05, 0.1) is 38.3 Å². The molecule has 3 rings (SSSR count). The van der Waals surface area contributed by atoms with E-state index in [1.54, 1.807) is 79.3 Å². The quantitative estimate of drug-likeness (QED) is 0.186. The van der Waals surface area contributed by atoms with E-state index in [-0.39, 0.29) is 17.2 Å². The van der Waals surface area contributed by atoms with E-state index in [1.165, 1.54) is 0 Å². The Morgan fingerprint density at radius 3 is 1.33 bits per heavy atom. The van der Waals surface area contributed by atoms with Crippen LogP contribution in [0.3, 0.4) is 0 Å². The summed E-state index contributed by atoms with van der Waals surface area (Å²) in [6.45, 7) is 5.32. The summed E-state index contributed by atoms with van der Waals surface area (Å²) >= 11 is 0. The fourth-order valence-electron chi connectivity index (χ4n) is 3.45. The molecule has 3 aromatic rings. The molecule has 0 radical (unpaired) electrons. The largest absolute Gasteiger partial charge is 0.507 e. The minimum Gasteiger partial charge on any atom is -0.507 e. The number of rotatable bonds is 13. The number of phenolic OH excluding ortho intramolecular Hbond substituents is 3. The number of para-hydroxylation sites is 3. The third-order valence-electron chi connectivity index (χ3n) is 5.43. The van der Waals surface area contributed by atoms with E-state index >= 15 is 0 Å². The molecule has 3 aromatic carbocycles. The van der Waals surface area contributed by atoms with Crippen molar-refractivity contribution in [1.82, 2.24) is 0 Å². The van der Waals surface area contributed by atoms with Gasteiger partial charge >= 0.3 is 0 Å². The van der Waals surface area contributed by atoms with Crippen LogP contribution in [0.25, 0.3) is 0 Å². The van der Waals surface area contributed by atoms with Crippen molar-refractivity contribution in [1.29, 1.82) is 0 Å². The van der Waals surface area contributed by atoms with Crippen LogP contribution in [0.2, 0.25) is 0 Å².